The molecule has 1 aromatic carbocycles. The zero-order valence-electron chi connectivity index (χ0n) is 20.6. The van der Waals surface area contributed by atoms with Crippen molar-refractivity contribution in [1.82, 2.24) is 0 Å². The van der Waals surface area contributed by atoms with Gasteiger partial charge in [0.1, 0.15) is 0 Å². The van der Waals surface area contributed by atoms with Crippen molar-refractivity contribution in [1.29, 1.82) is 0 Å². The fourth-order valence-corrected chi connectivity index (χ4v) is 3.90. The molecule has 0 radical (unpaired) electrons. The van der Waals surface area contributed by atoms with Crippen LogP contribution in [0.15, 0.2) is 12.1 Å². The largest absolute Gasteiger partial charge is 0.395 e. The van der Waals surface area contributed by atoms with E-state index in [4.69, 9.17) is 19.6 Å². The smallest absolute Gasteiger partial charge is 0.334 e. The third-order valence-corrected chi connectivity index (χ3v) is 7.66. The van der Waals surface area contributed by atoms with Gasteiger partial charge < -0.3 is 40.0 Å². The Morgan fingerprint density at radius 1 is 0.788 bits per heavy atom. The van der Waals surface area contributed by atoms with Crippen molar-refractivity contribution in [3.63, 3.8) is 0 Å². The van der Waals surface area contributed by atoms with Crippen molar-refractivity contribution in [3.8, 4) is 0 Å². The Kier molecular flexibility index (Phi) is 13.6. The van der Waals surface area contributed by atoms with E-state index in [0.717, 1.165) is 35.1 Å². The number of hydrogen-bond acceptors (Lipinski definition) is 9. The van der Waals surface area contributed by atoms with Gasteiger partial charge in [0.25, 0.3) is 0 Å². The van der Waals surface area contributed by atoms with Gasteiger partial charge in [-0.3, -0.25) is 0 Å². The summed E-state index contributed by atoms with van der Waals surface area (Å²) >= 11 is 0. The molecule has 0 saturated heterocycles. The number of aliphatic hydroxyl groups is 4. The molecular formula is C22H42O9P2. The maximum atomic E-state index is 11.3. The molecule has 33 heavy (non-hydrogen) atoms. The van der Waals surface area contributed by atoms with Gasteiger partial charge in [-0.1, -0.05) is 59.2 Å². The lowest BCUT2D eigenvalue weighted by Gasteiger charge is -2.40. The lowest BCUT2D eigenvalue weighted by atomic mass is 9.67. The Morgan fingerprint density at radius 3 is 1.33 bits per heavy atom. The summed E-state index contributed by atoms with van der Waals surface area (Å²) in [7, 11) is -5.22. The van der Waals surface area contributed by atoms with Gasteiger partial charge >= 0.3 is 17.2 Å². The number of rotatable bonds is 11. The highest BCUT2D eigenvalue weighted by Crippen LogP contribution is 2.46. The third kappa shape index (κ3) is 8.71. The van der Waals surface area contributed by atoms with Gasteiger partial charge in [-0.25, -0.2) is 4.31 Å². The molecular weight excluding hydrogens is 470 g/mol. The summed E-state index contributed by atoms with van der Waals surface area (Å²) in [5.74, 6) is 0. The van der Waals surface area contributed by atoms with E-state index in [1.807, 2.05) is 0 Å². The highest BCUT2D eigenvalue weighted by Gasteiger charge is 2.42. The summed E-state index contributed by atoms with van der Waals surface area (Å²) < 4.78 is 3.60. The topological polar surface area (TPSA) is 171 Å². The molecule has 9 nitrogen and oxygen atoms in total. The maximum absolute atomic E-state index is 11.3. The van der Waals surface area contributed by atoms with Crippen molar-refractivity contribution in [2.45, 2.75) is 78.2 Å². The van der Waals surface area contributed by atoms with Crippen LogP contribution in [0, 0.1) is 12.3 Å². The number of hydrogen-bond donors (Lipinski definition) is 8. The van der Waals surface area contributed by atoms with Crippen LogP contribution < -0.4 is 0 Å². The monoisotopic (exact) mass is 512 g/mol. The van der Waals surface area contributed by atoms with E-state index in [0.29, 0.717) is 0 Å². The first kappa shape index (κ1) is 32.7. The molecule has 0 bridgehead atoms. The first-order valence-electron chi connectivity index (χ1n) is 10.8. The average Bonchev–Trinajstić information content (AvgIpc) is 2.74. The van der Waals surface area contributed by atoms with Gasteiger partial charge in [0.05, 0.1) is 31.3 Å². The molecule has 0 aliphatic rings. The van der Waals surface area contributed by atoms with Crippen LogP contribution in [-0.2, 0) is 15.1 Å². The zero-order valence-corrected chi connectivity index (χ0v) is 22.4. The van der Waals surface area contributed by atoms with Crippen molar-refractivity contribution in [3.05, 3.63) is 34.4 Å². The van der Waals surface area contributed by atoms with Gasteiger partial charge in [0.2, 0.25) is 0 Å². The Hall–Kier alpha value is -0.280. The van der Waals surface area contributed by atoms with E-state index in [1.54, 1.807) is 0 Å². The summed E-state index contributed by atoms with van der Waals surface area (Å²) in [4.78, 5) is 31.3. The van der Waals surface area contributed by atoms with Crippen molar-refractivity contribution in [2.24, 2.45) is 5.41 Å². The number of benzene rings is 1. The molecule has 0 amide bonds. The van der Waals surface area contributed by atoms with Crippen molar-refractivity contribution in [2.75, 3.05) is 19.8 Å². The Labute approximate surface area is 199 Å². The normalized spacial score (nSPS) is 13.8. The molecule has 0 heterocycles. The van der Waals surface area contributed by atoms with Crippen LogP contribution in [0.2, 0.25) is 0 Å². The predicted octanol–water partition coefficient (Wildman–Crippen LogP) is 2.79. The minimum Gasteiger partial charge on any atom is -0.395 e. The van der Waals surface area contributed by atoms with E-state index in [-0.39, 0.29) is 10.8 Å². The van der Waals surface area contributed by atoms with E-state index < -0.39 is 48.5 Å². The Balaban J connectivity index is 0.00000126. The third-order valence-electron chi connectivity index (χ3n) is 6.49. The average molecular weight is 513 g/mol. The second kappa shape index (κ2) is 13.7. The minimum atomic E-state index is -2.61. The maximum Gasteiger partial charge on any atom is 0.334 e. The van der Waals surface area contributed by atoms with Crippen LogP contribution in [-0.4, -0.2) is 59.8 Å². The van der Waals surface area contributed by atoms with E-state index >= 15 is 0 Å². The van der Waals surface area contributed by atoms with Crippen LogP contribution in [0.25, 0.3) is 0 Å². The predicted molar refractivity (Wildman–Crippen MR) is 130 cm³/mol. The fraction of sp³-hybridized carbons (Fsp3) is 0.727. The summed E-state index contributed by atoms with van der Waals surface area (Å²) in [5, 5.41) is 41.0. The van der Waals surface area contributed by atoms with E-state index in [1.165, 1.54) is 0 Å². The van der Waals surface area contributed by atoms with Gasteiger partial charge in [0, 0.05) is 0 Å². The van der Waals surface area contributed by atoms with Crippen molar-refractivity contribution >= 4 is 17.2 Å². The van der Waals surface area contributed by atoms with Crippen LogP contribution in [0.5, 0.6) is 0 Å². The number of aliphatic hydroxyl groups excluding tert-OH is 4. The van der Waals surface area contributed by atoms with E-state index in [2.05, 4.69) is 64.9 Å². The lowest BCUT2D eigenvalue weighted by molar-refractivity contribution is -0.0863. The molecule has 8 N–H and O–H groups in total. The molecule has 0 saturated carbocycles. The Bertz CT molecular complexity index is 669. The molecule has 1 unspecified atom stereocenters. The first-order chi connectivity index (χ1) is 15.1. The van der Waals surface area contributed by atoms with Crippen molar-refractivity contribution < 1.29 is 44.3 Å². The van der Waals surface area contributed by atoms with Gasteiger partial charge in [-0.15, -0.1) is 0 Å². The molecule has 0 spiro atoms. The molecule has 1 rings (SSSR count). The van der Waals surface area contributed by atoms with Gasteiger partial charge in [-0.2, -0.15) is 0 Å². The van der Waals surface area contributed by atoms with E-state index in [9.17, 15) is 20.4 Å². The molecule has 1 aromatic rings. The van der Waals surface area contributed by atoms with Gasteiger partial charge in [0.15, 0.2) is 0 Å². The second-order valence-corrected chi connectivity index (χ2v) is 11.2. The molecule has 0 aromatic heterocycles. The zero-order chi connectivity index (χ0) is 26.2. The number of aryl methyl sites for hydroxylation is 1. The highest BCUT2D eigenvalue weighted by atomic mass is 31.2. The van der Waals surface area contributed by atoms with Crippen LogP contribution in [0.3, 0.4) is 0 Å². The molecule has 11 heteroatoms. The summed E-state index contributed by atoms with van der Waals surface area (Å²) in [6.45, 7) is 13.4. The SMILES string of the molecule is CCC(C)(C)c1cc(C)cc(C(C)(C)CC)c1C(O)C(CO)(CO)CO.OP(O)OP(O)O. The second-order valence-electron chi connectivity index (χ2n) is 9.57. The molecule has 0 aliphatic heterocycles. The quantitative estimate of drug-likeness (QED) is 0.208. The minimum absolute atomic E-state index is 0.187. The molecule has 0 aliphatic carbocycles. The molecule has 0 fully saturated rings. The summed E-state index contributed by atoms with van der Waals surface area (Å²) in [6.07, 6.45) is 0.601. The highest BCUT2D eigenvalue weighted by molar-refractivity contribution is 7.53. The Morgan fingerprint density at radius 2 is 1.12 bits per heavy atom. The fourth-order valence-electron chi connectivity index (χ4n) is 3.37. The summed E-state index contributed by atoms with van der Waals surface area (Å²) in [5.41, 5.74) is 2.14. The summed E-state index contributed by atoms with van der Waals surface area (Å²) in [6, 6.07) is 4.18. The molecule has 194 valence electrons. The standard InChI is InChI=1S/C22H38O4.H4O5P2/c1-8-20(4,5)16-10-15(3)11-17(21(6,7)9-2)18(16)19(26)22(12-23,13-24)14-25;1-6(2)5-7(3)4/h10-11,19,23-26H,8-9,12-14H2,1-7H3;1-4H. The van der Waals surface area contributed by atoms with Gasteiger partial charge in [-0.05, 0) is 47.3 Å². The molecule has 1 atom stereocenters. The van der Waals surface area contributed by atoms with Crippen LogP contribution in [0.4, 0.5) is 0 Å². The lowest BCUT2D eigenvalue weighted by Crippen LogP contribution is -2.42. The first-order valence-corrected chi connectivity index (χ1v) is 13.1. The van der Waals surface area contributed by atoms with Crippen LogP contribution >= 0.6 is 17.2 Å². The van der Waals surface area contributed by atoms with Crippen LogP contribution in [0.1, 0.15) is 82.7 Å².